The first-order chi connectivity index (χ1) is 16.7. The quantitative estimate of drug-likeness (QED) is 0.516. The molecule has 2 aromatic carbocycles. The highest BCUT2D eigenvalue weighted by Gasteiger charge is 2.52. The second-order valence-corrected chi connectivity index (χ2v) is 11.1. The van der Waals surface area contributed by atoms with E-state index in [1.54, 1.807) is 12.1 Å². The van der Waals surface area contributed by atoms with E-state index >= 15 is 0 Å². The summed E-state index contributed by atoms with van der Waals surface area (Å²) in [5.41, 5.74) is 0.616. The van der Waals surface area contributed by atoms with Gasteiger partial charge in [-0.1, -0.05) is 43.2 Å². The van der Waals surface area contributed by atoms with Crippen LogP contribution >= 0.6 is 0 Å². The molecule has 1 aliphatic heterocycles. The summed E-state index contributed by atoms with van der Waals surface area (Å²) < 4.78 is 27.0. The van der Waals surface area contributed by atoms with Crippen LogP contribution in [0.15, 0.2) is 59.5 Å². The maximum Gasteiger partial charge on any atom is 0.325 e. The van der Waals surface area contributed by atoms with E-state index in [1.807, 2.05) is 30.3 Å². The smallest absolute Gasteiger partial charge is 0.325 e. The molecule has 35 heavy (non-hydrogen) atoms. The molecule has 0 unspecified atom stereocenters. The lowest BCUT2D eigenvalue weighted by Gasteiger charge is -2.20. The Bertz CT molecular complexity index is 1190. The van der Waals surface area contributed by atoms with E-state index in [4.69, 9.17) is 0 Å². The van der Waals surface area contributed by atoms with E-state index in [0.29, 0.717) is 24.9 Å². The molecule has 0 aromatic heterocycles. The van der Waals surface area contributed by atoms with Gasteiger partial charge in [-0.15, -0.1) is 0 Å². The van der Waals surface area contributed by atoms with Crippen molar-refractivity contribution in [2.24, 2.45) is 0 Å². The van der Waals surface area contributed by atoms with Gasteiger partial charge in [0.2, 0.25) is 15.9 Å². The van der Waals surface area contributed by atoms with Crippen molar-refractivity contribution in [3.8, 4) is 0 Å². The number of carbonyl (C=O) groups excluding carboxylic acids is 3. The molecule has 4 rings (SSSR count). The third-order valence-electron chi connectivity index (χ3n) is 6.58. The summed E-state index contributed by atoms with van der Waals surface area (Å²) in [5, 5.41) is 5.56. The lowest BCUT2D eigenvalue weighted by Crippen LogP contribution is -2.44. The SMILES string of the molecule is CN(Cc1ccccc1)S(=O)(=O)c1ccc(NC(=O)CCCN2C(=O)NC3(CCCC3)C2=O)cc1. The third kappa shape index (κ3) is 5.38. The average Bonchev–Trinajstić information content (AvgIpc) is 3.40. The molecule has 1 heterocycles. The molecule has 1 spiro atoms. The Labute approximate surface area is 205 Å². The summed E-state index contributed by atoms with van der Waals surface area (Å²) >= 11 is 0. The molecule has 4 amide bonds. The molecule has 0 bridgehead atoms. The van der Waals surface area contributed by atoms with Gasteiger partial charge >= 0.3 is 6.03 Å². The summed E-state index contributed by atoms with van der Waals surface area (Å²) in [6.45, 7) is 0.436. The molecule has 2 aromatic rings. The summed E-state index contributed by atoms with van der Waals surface area (Å²) in [6, 6.07) is 14.9. The zero-order chi connectivity index (χ0) is 25.1. The number of amides is 4. The minimum Gasteiger partial charge on any atom is -0.326 e. The first-order valence-electron chi connectivity index (χ1n) is 11.8. The Morgan fingerprint density at radius 1 is 1.06 bits per heavy atom. The number of urea groups is 1. The minimum absolute atomic E-state index is 0.129. The second kappa shape index (κ2) is 10.2. The topological polar surface area (TPSA) is 116 Å². The highest BCUT2D eigenvalue weighted by Crippen LogP contribution is 2.35. The number of nitrogens with one attached hydrogen (secondary N) is 2. The molecule has 10 heteroatoms. The Kier molecular flexibility index (Phi) is 7.23. The molecule has 1 saturated heterocycles. The van der Waals surface area contributed by atoms with E-state index in [-0.39, 0.29) is 42.3 Å². The first kappa shape index (κ1) is 24.9. The maximum absolute atomic E-state index is 12.9. The average molecular weight is 499 g/mol. The van der Waals surface area contributed by atoms with Crippen molar-refractivity contribution in [3.05, 3.63) is 60.2 Å². The number of carbonyl (C=O) groups is 3. The van der Waals surface area contributed by atoms with E-state index < -0.39 is 15.6 Å². The molecular formula is C25H30N4O5S. The van der Waals surface area contributed by atoms with Crippen molar-refractivity contribution < 1.29 is 22.8 Å². The van der Waals surface area contributed by atoms with Crippen LogP contribution in [0.5, 0.6) is 0 Å². The van der Waals surface area contributed by atoms with E-state index in [1.165, 1.54) is 28.4 Å². The van der Waals surface area contributed by atoms with Gasteiger partial charge in [0, 0.05) is 32.2 Å². The lowest BCUT2D eigenvalue weighted by molar-refractivity contribution is -0.131. The number of hydrogen-bond donors (Lipinski definition) is 2. The van der Waals surface area contributed by atoms with Gasteiger partial charge in [0.15, 0.2) is 0 Å². The molecule has 186 valence electrons. The normalized spacial score (nSPS) is 17.3. The second-order valence-electron chi connectivity index (χ2n) is 9.10. The predicted octanol–water partition coefficient (Wildman–Crippen LogP) is 3.09. The highest BCUT2D eigenvalue weighted by molar-refractivity contribution is 7.89. The number of hydrogen-bond acceptors (Lipinski definition) is 5. The van der Waals surface area contributed by atoms with Gasteiger partial charge in [-0.25, -0.2) is 13.2 Å². The van der Waals surface area contributed by atoms with Crippen molar-refractivity contribution >= 4 is 33.6 Å². The number of sulfonamides is 1. The molecule has 2 N–H and O–H groups in total. The zero-order valence-corrected chi connectivity index (χ0v) is 20.5. The van der Waals surface area contributed by atoms with Gasteiger partial charge in [0.05, 0.1) is 4.90 Å². The monoisotopic (exact) mass is 498 g/mol. The molecule has 1 saturated carbocycles. The molecule has 0 radical (unpaired) electrons. The minimum atomic E-state index is -3.68. The summed E-state index contributed by atoms with van der Waals surface area (Å²) in [4.78, 5) is 38.6. The van der Waals surface area contributed by atoms with E-state index in [0.717, 1.165) is 18.4 Å². The van der Waals surface area contributed by atoms with E-state index in [9.17, 15) is 22.8 Å². The van der Waals surface area contributed by atoms with Gasteiger partial charge in [-0.3, -0.25) is 14.5 Å². The lowest BCUT2D eigenvalue weighted by atomic mass is 9.98. The van der Waals surface area contributed by atoms with Crippen LogP contribution in [0, 0.1) is 0 Å². The molecule has 0 atom stereocenters. The Hall–Kier alpha value is -3.24. The zero-order valence-electron chi connectivity index (χ0n) is 19.7. The first-order valence-corrected chi connectivity index (χ1v) is 13.2. The molecule has 2 aliphatic rings. The van der Waals surface area contributed by atoms with Crippen LogP contribution in [0.25, 0.3) is 0 Å². The van der Waals surface area contributed by atoms with Crippen molar-refractivity contribution in [2.45, 2.75) is 55.5 Å². The fraction of sp³-hybridized carbons (Fsp3) is 0.400. The fourth-order valence-electron chi connectivity index (χ4n) is 4.63. The molecule has 9 nitrogen and oxygen atoms in total. The van der Waals surface area contributed by atoms with Crippen LogP contribution in [-0.4, -0.2) is 54.6 Å². The number of rotatable bonds is 9. The fourth-order valence-corrected chi connectivity index (χ4v) is 5.79. The number of imide groups is 1. The predicted molar refractivity (Wildman–Crippen MR) is 131 cm³/mol. The highest BCUT2D eigenvalue weighted by atomic mass is 32.2. The maximum atomic E-state index is 12.9. The third-order valence-corrected chi connectivity index (χ3v) is 8.40. The summed E-state index contributed by atoms with van der Waals surface area (Å²) in [6.07, 6.45) is 3.66. The van der Waals surface area contributed by atoms with Crippen LogP contribution in [0.1, 0.15) is 44.1 Å². The summed E-state index contributed by atoms with van der Waals surface area (Å²) in [7, 11) is -2.16. The van der Waals surface area contributed by atoms with Crippen molar-refractivity contribution in [3.63, 3.8) is 0 Å². The van der Waals surface area contributed by atoms with Crippen LogP contribution in [0.4, 0.5) is 10.5 Å². The van der Waals surface area contributed by atoms with Crippen LogP contribution in [0.3, 0.4) is 0 Å². The molecule has 2 fully saturated rings. The largest absolute Gasteiger partial charge is 0.326 e. The van der Waals surface area contributed by atoms with Crippen molar-refractivity contribution in [1.82, 2.24) is 14.5 Å². The van der Waals surface area contributed by atoms with Gasteiger partial charge in [-0.05, 0) is 49.1 Å². The van der Waals surface area contributed by atoms with Gasteiger partial charge in [0.1, 0.15) is 5.54 Å². The van der Waals surface area contributed by atoms with E-state index in [2.05, 4.69) is 10.6 Å². The van der Waals surface area contributed by atoms with Gasteiger partial charge < -0.3 is 10.6 Å². The Balaban J connectivity index is 1.27. The standard InChI is InChI=1S/C25H30N4O5S/c1-28(18-19-8-3-2-4-9-19)35(33,34)21-13-11-20(12-14-21)26-22(30)10-7-17-29-23(31)25(27-24(29)32)15-5-6-16-25/h2-4,8-9,11-14H,5-7,10,15-18H2,1H3,(H,26,30)(H,27,32). The Morgan fingerprint density at radius 3 is 2.37 bits per heavy atom. The Morgan fingerprint density at radius 2 is 1.71 bits per heavy atom. The van der Waals surface area contributed by atoms with Gasteiger partial charge in [-0.2, -0.15) is 4.31 Å². The molecule has 1 aliphatic carbocycles. The van der Waals surface area contributed by atoms with Gasteiger partial charge in [0.25, 0.3) is 5.91 Å². The summed E-state index contributed by atoms with van der Waals surface area (Å²) in [5.74, 6) is -0.459. The molecular weight excluding hydrogens is 468 g/mol. The van der Waals surface area contributed by atoms with Crippen molar-refractivity contribution in [1.29, 1.82) is 0 Å². The van der Waals surface area contributed by atoms with Crippen LogP contribution < -0.4 is 10.6 Å². The number of nitrogens with zero attached hydrogens (tertiary/aromatic N) is 2. The van der Waals surface area contributed by atoms with Crippen molar-refractivity contribution in [2.75, 3.05) is 18.9 Å². The number of benzene rings is 2. The van der Waals surface area contributed by atoms with Crippen LogP contribution in [-0.2, 0) is 26.2 Å². The van der Waals surface area contributed by atoms with Crippen LogP contribution in [0.2, 0.25) is 0 Å². The number of anilines is 1.